The summed E-state index contributed by atoms with van der Waals surface area (Å²) >= 11 is 0. The standard InChI is InChI=1S/C12H16N2O3/c1-16-8-12(15)14-10-4-2-3-9(5-10)13-11-6-17-7-11/h2-5,11,13H,6-8H2,1H3,(H,14,15). The molecule has 0 aromatic heterocycles. The Morgan fingerprint density at radius 1 is 1.47 bits per heavy atom. The molecule has 1 saturated heterocycles. The Kier molecular flexibility index (Phi) is 3.95. The van der Waals surface area contributed by atoms with Gasteiger partial charge in [0.25, 0.3) is 0 Å². The highest BCUT2D eigenvalue weighted by atomic mass is 16.5. The highest BCUT2D eigenvalue weighted by molar-refractivity contribution is 5.92. The van der Waals surface area contributed by atoms with Gasteiger partial charge in [0.1, 0.15) is 6.61 Å². The fourth-order valence-corrected chi connectivity index (χ4v) is 1.57. The molecule has 1 aromatic carbocycles. The lowest BCUT2D eigenvalue weighted by Crippen LogP contribution is -2.40. The van der Waals surface area contributed by atoms with Crippen molar-refractivity contribution in [2.45, 2.75) is 6.04 Å². The molecule has 17 heavy (non-hydrogen) atoms. The second-order valence-electron chi connectivity index (χ2n) is 3.94. The first kappa shape index (κ1) is 11.9. The number of benzene rings is 1. The van der Waals surface area contributed by atoms with E-state index >= 15 is 0 Å². The van der Waals surface area contributed by atoms with Gasteiger partial charge < -0.3 is 20.1 Å². The molecule has 0 unspecified atom stereocenters. The first-order valence-corrected chi connectivity index (χ1v) is 5.51. The molecule has 92 valence electrons. The molecule has 5 heteroatoms. The van der Waals surface area contributed by atoms with Crippen molar-refractivity contribution in [3.05, 3.63) is 24.3 Å². The smallest absolute Gasteiger partial charge is 0.250 e. The van der Waals surface area contributed by atoms with Crippen molar-refractivity contribution in [2.24, 2.45) is 0 Å². The van der Waals surface area contributed by atoms with Crippen LogP contribution in [0.15, 0.2) is 24.3 Å². The normalized spacial score (nSPS) is 15.1. The van der Waals surface area contributed by atoms with Crippen LogP contribution >= 0.6 is 0 Å². The van der Waals surface area contributed by atoms with Crippen LogP contribution in [0.2, 0.25) is 0 Å². The van der Waals surface area contributed by atoms with Crippen LogP contribution in [0.4, 0.5) is 11.4 Å². The van der Waals surface area contributed by atoms with Crippen molar-refractivity contribution in [1.29, 1.82) is 0 Å². The van der Waals surface area contributed by atoms with E-state index in [2.05, 4.69) is 10.6 Å². The number of carbonyl (C=O) groups excluding carboxylic acids is 1. The van der Waals surface area contributed by atoms with Gasteiger partial charge in [-0.15, -0.1) is 0 Å². The average Bonchev–Trinajstić information content (AvgIpc) is 2.24. The third-order valence-corrected chi connectivity index (χ3v) is 2.43. The van der Waals surface area contributed by atoms with Gasteiger partial charge in [0.15, 0.2) is 0 Å². The lowest BCUT2D eigenvalue weighted by molar-refractivity contribution is -0.119. The summed E-state index contributed by atoms with van der Waals surface area (Å²) in [6.45, 7) is 1.54. The van der Waals surface area contributed by atoms with Crippen molar-refractivity contribution >= 4 is 17.3 Å². The lowest BCUT2D eigenvalue weighted by Gasteiger charge is -2.28. The zero-order valence-electron chi connectivity index (χ0n) is 9.73. The molecule has 1 amide bonds. The van der Waals surface area contributed by atoms with E-state index in [-0.39, 0.29) is 12.5 Å². The van der Waals surface area contributed by atoms with Crippen molar-refractivity contribution in [1.82, 2.24) is 0 Å². The predicted octanol–water partition coefficient (Wildman–Crippen LogP) is 1.08. The molecule has 0 radical (unpaired) electrons. The lowest BCUT2D eigenvalue weighted by atomic mass is 10.2. The molecule has 1 aliphatic rings. The van der Waals surface area contributed by atoms with Gasteiger partial charge in [-0.3, -0.25) is 4.79 Å². The quantitative estimate of drug-likeness (QED) is 0.803. The van der Waals surface area contributed by atoms with Crippen LogP contribution in [0, 0.1) is 0 Å². The van der Waals surface area contributed by atoms with Crippen LogP contribution in [-0.4, -0.2) is 38.9 Å². The highest BCUT2D eigenvalue weighted by Crippen LogP contribution is 2.17. The molecule has 0 atom stereocenters. The summed E-state index contributed by atoms with van der Waals surface area (Å²) in [6.07, 6.45) is 0. The number of nitrogens with one attached hydrogen (secondary N) is 2. The zero-order chi connectivity index (χ0) is 12.1. The number of ether oxygens (including phenoxy) is 2. The number of amides is 1. The van der Waals surface area contributed by atoms with Gasteiger partial charge in [-0.2, -0.15) is 0 Å². The van der Waals surface area contributed by atoms with Crippen molar-refractivity contribution in [3.8, 4) is 0 Å². The van der Waals surface area contributed by atoms with Crippen molar-refractivity contribution in [2.75, 3.05) is 37.6 Å². The first-order chi connectivity index (χ1) is 8.28. The van der Waals surface area contributed by atoms with Crippen LogP contribution in [0.5, 0.6) is 0 Å². The molecule has 1 aromatic rings. The highest BCUT2D eigenvalue weighted by Gasteiger charge is 2.17. The summed E-state index contributed by atoms with van der Waals surface area (Å²) in [4.78, 5) is 11.3. The largest absolute Gasteiger partial charge is 0.378 e. The number of hydrogen-bond donors (Lipinski definition) is 2. The molecule has 0 aliphatic carbocycles. The van der Waals surface area contributed by atoms with Gasteiger partial charge in [-0.1, -0.05) is 6.07 Å². The number of rotatable bonds is 5. The summed E-state index contributed by atoms with van der Waals surface area (Å²) in [5.74, 6) is -0.156. The first-order valence-electron chi connectivity index (χ1n) is 5.51. The van der Waals surface area contributed by atoms with Crippen molar-refractivity contribution in [3.63, 3.8) is 0 Å². The van der Waals surface area contributed by atoms with Crippen LogP contribution in [0.25, 0.3) is 0 Å². The summed E-state index contributed by atoms with van der Waals surface area (Å²) in [5, 5.41) is 6.07. The Labute approximate surface area is 100 Å². The summed E-state index contributed by atoms with van der Waals surface area (Å²) in [5.41, 5.74) is 1.74. The predicted molar refractivity (Wildman–Crippen MR) is 65.2 cm³/mol. The molecule has 2 N–H and O–H groups in total. The molecule has 0 spiro atoms. The van der Waals surface area contributed by atoms with Crippen LogP contribution in [-0.2, 0) is 14.3 Å². The zero-order valence-corrected chi connectivity index (χ0v) is 9.73. The van der Waals surface area contributed by atoms with Crippen LogP contribution in [0.3, 0.4) is 0 Å². The SMILES string of the molecule is COCC(=O)Nc1cccc(NC2COC2)c1. The molecule has 5 nitrogen and oxygen atoms in total. The average molecular weight is 236 g/mol. The van der Waals surface area contributed by atoms with Gasteiger partial charge in [0.05, 0.1) is 19.3 Å². The third-order valence-electron chi connectivity index (χ3n) is 2.43. The monoisotopic (exact) mass is 236 g/mol. The minimum absolute atomic E-state index is 0.0636. The minimum Gasteiger partial charge on any atom is -0.378 e. The Balaban J connectivity index is 1.93. The van der Waals surface area contributed by atoms with E-state index in [1.54, 1.807) is 0 Å². The Bertz CT molecular complexity index is 391. The van der Waals surface area contributed by atoms with Gasteiger partial charge in [-0.05, 0) is 18.2 Å². The van der Waals surface area contributed by atoms with Gasteiger partial charge in [0, 0.05) is 18.5 Å². The Hall–Kier alpha value is -1.59. The maximum absolute atomic E-state index is 11.3. The molecule has 1 fully saturated rings. The maximum atomic E-state index is 11.3. The van der Waals surface area contributed by atoms with E-state index in [9.17, 15) is 4.79 Å². The number of anilines is 2. The van der Waals surface area contributed by atoms with E-state index in [1.807, 2.05) is 24.3 Å². The Morgan fingerprint density at radius 2 is 2.24 bits per heavy atom. The van der Waals surface area contributed by atoms with Gasteiger partial charge in [-0.25, -0.2) is 0 Å². The van der Waals surface area contributed by atoms with Crippen molar-refractivity contribution < 1.29 is 14.3 Å². The topological polar surface area (TPSA) is 59.6 Å². The number of hydrogen-bond acceptors (Lipinski definition) is 4. The van der Waals surface area contributed by atoms with Gasteiger partial charge >= 0.3 is 0 Å². The second kappa shape index (κ2) is 5.65. The molecular formula is C12H16N2O3. The fraction of sp³-hybridized carbons (Fsp3) is 0.417. The maximum Gasteiger partial charge on any atom is 0.250 e. The van der Waals surface area contributed by atoms with Crippen LogP contribution < -0.4 is 10.6 Å². The number of methoxy groups -OCH3 is 1. The second-order valence-corrected chi connectivity index (χ2v) is 3.94. The molecular weight excluding hydrogens is 220 g/mol. The minimum atomic E-state index is -0.156. The van der Waals surface area contributed by atoms with E-state index in [0.717, 1.165) is 24.6 Å². The van der Waals surface area contributed by atoms with E-state index in [4.69, 9.17) is 9.47 Å². The van der Waals surface area contributed by atoms with E-state index in [0.29, 0.717) is 6.04 Å². The van der Waals surface area contributed by atoms with E-state index in [1.165, 1.54) is 7.11 Å². The molecule has 1 heterocycles. The molecule has 0 saturated carbocycles. The molecule has 1 aliphatic heterocycles. The molecule has 0 bridgehead atoms. The summed E-state index contributed by atoms with van der Waals surface area (Å²) in [7, 11) is 1.49. The van der Waals surface area contributed by atoms with Gasteiger partial charge in [0.2, 0.25) is 5.91 Å². The summed E-state index contributed by atoms with van der Waals surface area (Å²) in [6, 6.07) is 7.97. The van der Waals surface area contributed by atoms with E-state index < -0.39 is 0 Å². The van der Waals surface area contributed by atoms with Crippen LogP contribution in [0.1, 0.15) is 0 Å². The number of carbonyl (C=O) groups is 1. The summed E-state index contributed by atoms with van der Waals surface area (Å²) < 4.78 is 9.84. The third kappa shape index (κ3) is 3.44. The Morgan fingerprint density at radius 3 is 2.88 bits per heavy atom. The fourth-order valence-electron chi connectivity index (χ4n) is 1.57. The molecule has 2 rings (SSSR count).